The van der Waals surface area contributed by atoms with Crippen molar-refractivity contribution in [2.75, 3.05) is 39.3 Å². The molecule has 1 aromatic carbocycles. The van der Waals surface area contributed by atoms with Crippen molar-refractivity contribution in [1.29, 1.82) is 0 Å². The molecule has 1 amide bonds. The maximum Gasteiger partial charge on any atom is 0.223 e. The fourth-order valence-corrected chi connectivity index (χ4v) is 3.93. The number of halogens is 2. The summed E-state index contributed by atoms with van der Waals surface area (Å²) < 4.78 is 32.5. The van der Waals surface area contributed by atoms with Gasteiger partial charge >= 0.3 is 0 Å². The number of nitrogens with zero attached hydrogens (tertiary/aromatic N) is 3. The van der Waals surface area contributed by atoms with Crippen LogP contribution in [0.25, 0.3) is 11.3 Å². The van der Waals surface area contributed by atoms with Crippen LogP contribution >= 0.6 is 0 Å². The molecule has 28 heavy (non-hydrogen) atoms. The van der Waals surface area contributed by atoms with E-state index in [0.717, 1.165) is 51.8 Å². The van der Waals surface area contributed by atoms with Crippen molar-refractivity contribution in [1.82, 2.24) is 20.1 Å². The molecular weight excluding hydrogens is 366 g/mol. The third-order valence-electron chi connectivity index (χ3n) is 5.49. The van der Waals surface area contributed by atoms with Crippen LogP contribution in [0.5, 0.6) is 0 Å². The van der Waals surface area contributed by atoms with Crippen LogP contribution in [0.3, 0.4) is 0 Å². The number of hydrogen-bond donors (Lipinski definition) is 1. The first-order chi connectivity index (χ1) is 13.6. The molecule has 6 nitrogen and oxygen atoms in total. The minimum atomic E-state index is -0.699. The van der Waals surface area contributed by atoms with E-state index in [0.29, 0.717) is 24.8 Å². The van der Waals surface area contributed by atoms with Gasteiger partial charge in [0.05, 0.1) is 11.8 Å². The van der Waals surface area contributed by atoms with Gasteiger partial charge in [0.1, 0.15) is 11.6 Å². The summed E-state index contributed by atoms with van der Waals surface area (Å²) >= 11 is 0. The minimum absolute atomic E-state index is 0.0883. The topological polar surface area (TPSA) is 61.6 Å². The molecule has 4 rings (SSSR count). The number of aryl methyl sites for hydroxylation is 1. The van der Waals surface area contributed by atoms with Crippen molar-refractivity contribution in [3.8, 4) is 11.3 Å². The highest BCUT2D eigenvalue weighted by Gasteiger charge is 2.30. The van der Waals surface area contributed by atoms with Crippen molar-refractivity contribution in [3.05, 3.63) is 41.9 Å². The predicted molar refractivity (Wildman–Crippen MR) is 99.6 cm³/mol. The van der Waals surface area contributed by atoms with Crippen LogP contribution in [0, 0.1) is 11.6 Å². The smallest absolute Gasteiger partial charge is 0.223 e. The normalized spacial score (nSPS) is 20.6. The lowest BCUT2D eigenvalue weighted by molar-refractivity contribution is -0.130. The summed E-state index contributed by atoms with van der Waals surface area (Å²) in [6.07, 6.45) is 3.09. The quantitative estimate of drug-likeness (QED) is 0.847. The molecule has 0 spiro atoms. The summed E-state index contributed by atoms with van der Waals surface area (Å²) in [4.78, 5) is 21.0. The van der Waals surface area contributed by atoms with E-state index < -0.39 is 11.6 Å². The Labute approximate surface area is 162 Å². The average Bonchev–Trinajstić information content (AvgIpc) is 3.37. The highest BCUT2D eigenvalue weighted by molar-refractivity contribution is 5.76. The number of aromatic nitrogens is 1. The SMILES string of the molecule is O=C(CCc1ncc(-c2ccc(F)cc2F)o1)N1CCC(N2CCNCC2)C1. The van der Waals surface area contributed by atoms with Crippen molar-refractivity contribution < 1.29 is 18.0 Å². The molecule has 2 aromatic rings. The zero-order valence-electron chi connectivity index (χ0n) is 15.7. The number of rotatable bonds is 5. The van der Waals surface area contributed by atoms with Crippen LogP contribution in [-0.4, -0.2) is 66.0 Å². The van der Waals surface area contributed by atoms with Gasteiger partial charge in [-0.3, -0.25) is 9.69 Å². The van der Waals surface area contributed by atoms with E-state index in [1.165, 1.54) is 18.3 Å². The van der Waals surface area contributed by atoms with Gasteiger partial charge < -0.3 is 14.6 Å². The highest BCUT2D eigenvalue weighted by Crippen LogP contribution is 2.25. The molecule has 2 aliphatic heterocycles. The second-order valence-corrected chi connectivity index (χ2v) is 7.31. The number of amides is 1. The second-order valence-electron chi connectivity index (χ2n) is 7.31. The predicted octanol–water partition coefficient (Wildman–Crippen LogP) is 2.06. The molecule has 3 heterocycles. The van der Waals surface area contributed by atoms with Crippen LogP contribution in [0.1, 0.15) is 18.7 Å². The van der Waals surface area contributed by atoms with E-state index in [2.05, 4.69) is 15.2 Å². The largest absolute Gasteiger partial charge is 0.441 e. The molecule has 0 radical (unpaired) electrons. The van der Waals surface area contributed by atoms with E-state index >= 15 is 0 Å². The van der Waals surface area contributed by atoms with Crippen LogP contribution in [-0.2, 0) is 11.2 Å². The van der Waals surface area contributed by atoms with E-state index in [9.17, 15) is 13.6 Å². The van der Waals surface area contributed by atoms with Gasteiger partial charge in [-0.2, -0.15) is 0 Å². The molecule has 2 fully saturated rings. The number of oxazole rings is 1. The number of carbonyl (C=O) groups is 1. The molecule has 8 heteroatoms. The van der Waals surface area contributed by atoms with E-state index in [4.69, 9.17) is 4.42 Å². The Hall–Kier alpha value is -2.32. The molecule has 0 bridgehead atoms. The molecule has 1 aromatic heterocycles. The number of carbonyl (C=O) groups excluding carboxylic acids is 1. The van der Waals surface area contributed by atoms with Gasteiger partial charge in [-0.05, 0) is 18.6 Å². The molecule has 1 unspecified atom stereocenters. The van der Waals surface area contributed by atoms with Gasteiger partial charge in [-0.25, -0.2) is 13.8 Å². The van der Waals surface area contributed by atoms with Gasteiger partial charge in [0.15, 0.2) is 11.7 Å². The number of nitrogens with one attached hydrogen (secondary N) is 1. The van der Waals surface area contributed by atoms with Crippen molar-refractivity contribution in [2.45, 2.75) is 25.3 Å². The fraction of sp³-hybridized carbons (Fsp3) is 0.500. The van der Waals surface area contributed by atoms with Crippen LogP contribution in [0.15, 0.2) is 28.8 Å². The van der Waals surface area contributed by atoms with Gasteiger partial charge in [-0.1, -0.05) is 0 Å². The Morgan fingerprint density at radius 2 is 2.07 bits per heavy atom. The number of likely N-dealkylation sites (tertiary alicyclic amines) is 1. The molecule has 1 N–H and O–H groups in total. The average molecular weight is 390 g/mol. The number of benzene rings is 1. The molecule has 1 atom stereocenters. The second kappa shape index (κ2) is 8.36. The Morgan fingerprint density at radius 1 is 1.25 bits per heavy atom. The zero-order valence-corrected chi connectivity index (χ0v) is 15.7. The first-order valence-corrected chi connectivity index (χ1v) is 9.73. The monoisotopic (exact) mass is 390 g/mol. The minimum Gasteiger partial charge on any atom is -0.441 e. The molecule has 0 saturated carbocycles. The first kappa shape index (κ1) is 19.0. The van der Waals surface area contributed by atoms with E-state index in [1.54, 1.807) is 0 Å². The summed E-state index contributed by atoms with van der Waals surface area (Å²) in [7, 11) is 0. The van der Waals surface area contributed by atoms with Crippen molar-refractivity contribution in [2.24, 2.45) is 0 Å². The standard InChI is InChI=1S/C20H24F2N4O2/c21-14-1-2-16(17(22)11-14)18-12-24-19(28-18)3-4-20(27)26-8-5-15(13-26)25-9-6-23-7-10-25/h1-2,11-12,15,23H,3-10,13H2. The Kier molecular flexibility index (Phi) is 5.68. The van der Waals surface area contributed by atoms with Crippen LogP contribution < -0.4 is 5.32 Å². The zero-order chi connectivity index (χ0) is 19.5. The van der Waals surface area contributed by atoms with Crippen LogP contribution in [0.2, 0.25) is 0 Å². The molecular formula is C20H24F2N4O2. The summed E-state index contributed by atoms with van der Waals surface area (Å²) in [5, 5.41) is 3.35. The highest BCUT2D eigenvalue weighted by atomic mass is 19.1. The fourth-order valence-electron chi connectivity index (χ4n) is 3.93. The Bertz CT molecular complexity index is 835. The van der Waals surface area contributed by atoms with Crippen molar-refractivity contribution in [3.63, 3.8) is 0 Å². The van der Waals surface area contributed by atoms with Gasteiger partial charge in [0.25, 0.3) is 0 Å². The summed E-state index contributed by atoms with van der Waals surface area (Å²) in [6.45, 7) is 5.64. The maximum atomic E-state index is 13.9. The summed E-state index contributed by atoms with van der Waals surface area (Å²) in [6, 6.07) is 3.75. The molecule has 150 valence electrons. The molecule has 2 saturated heterocycles. The summed E-state index contributed by atoms with van der Waals surface area (Å²) in [5.41, 5.74) is 0.157. The lowest BCUT2D eigenvalue weighted by atomic mass is 10.2. The van der Waals surface area contributed by atoms with Crippen LogP contribution in [0.4, 0.5) is 8.78 Å². The lowest BCUT2D eigenvalue weighted by Gasteiger charge is -2.32. The van der Waals surface area contributed by atoms with Gasteiger partial charge in [0, 0.05) is 64.2 Å². The number of hydrogen-bond acceptors (Lipinski definition) is 5. The Morgan fingerprint density at radius 3 is 2.86 bits per heavy atom. The van der Waals surface area contributed by atoms with Gasteiger partial charge in [0.2, 0.25) is 5.91 Å². The maximum absolute atomic E-state index is 13.9. The first-order valence-electron chi connectivity index (χ1n) is 9.73. The van der Waals surface area contributed by atoms with Gasteiger partial charge in [-0.15, -0.1) is 0 Å². The lowest BCUT2D eigenvalue weighted by Crippen LogP contribution is -2.49. The van der Waals surface area contributed by atoms with E-state index in [1.807, 2.05) is 4.90 Å². The third-order valence-corrected chi connectivity index (χ3v) is 5.49. The van der Waals surface area contributed by atoms with E-state index in [-0.39, 0.29) is 17.2 Å². The molecule has 2 aliphatic rings. The van der Waals surface area contributed by atoms with Crippen molar-refractivity contribution >= 4 is 5.91 Å². The number of piperazine rings is 1. The molecule has 0 aliphatic carbocycles. The Balaban J connectivity index is 1.30. The summed E-state index contributed by atoms with van der Waals surface area (Å²) in [5.74, 6) is -0.638. The third kappa shape index (κ3) is 4.23.